The van der Waals surface area contributed by atoms with Gasteiger partial charge in [-0.25, -0.2) is 17.6 Å². The molecule has 12 amide bonds. The zero-order valence-corrected chi connectivity index (χ0v) is 64.9. The van der Waals surface area contributed by atoms with Crippen molar-refractivity contribution in [2.75, 3.05) is 89.2 Å². The van der Waals surface area contributed by atoms with Crippen molar-refractivity contribution in [2.45, 2.75) is 221 Å². The number of hydrogen-bond acceptors (Lipinski definition) is 13. The topological polar surface area (TPSA) is 279 Å². The average molecular weight is 1600 g/mol. The van der Waals surface area contributed by atoms with E-state index in [2.05, 4.69) is 16.0 Å². The van der Waals surface area contributed by atoms with E-state index in [0.29, 0.717) is 57.1 Å². The molecule has 112 heavy (non-hydrogen) atoms. The molecule has 3 aliphatic heterocycles. The van der Waals surface area contributed by atoms with Gasteiger partial charge in [-0.3, -0.25) is 57.5 Å². The molecular formula is C77H104F10N12O13. The van der Waals surface area contributed by atoms with Crippen molar-refractivity contribution >= 4 is 70.9 Å². The van der Waals surface area contributed by atoms with Gasteiger partial charge in [0.05, 0.1) is 31.2 Å². The maximum atomic E-state index is 15.6. The first-order valence-electron chi connectivity index (χ1n) is 38.2. The Morgan fingerprint density at radius 3 is 1.83 bits per heavy atom. The van der Waals surface area contributed by atoms with Crippen LogP contribution < -0.4 is 16.0 Å². The number of carbonyl (C=O) groups excluding carboxylic acids is 12. The van der Waals surface area contributed by atoms with E-state index < -0.39 is 242 Å². The Kier molecular flexibility index (Phi) is 29.9. The van der Waals surface area contributed by atoms with Gasteiger partial charge in [0.2, 0.25) is 70.9 Å². The Balaban J connectivity index is 1.24. The third-order valence-corrected chi connectivity index (χ3v) is 23.1. The molecule has 2 saturated heterocycles. The van der Waals surface area contributed by atoms with E-state index in [4.69, 9.17) is 4.74 Å². The Morgan fingerprint density at radius 2 is 1.26 bits per heavy atom. The van der Waals surface area contributed by atoms with Gasteiger partial charge < -0.3 is 64.8 Å². The van der Waals surface area contributed by atoms with Gasteiger partial charge in [-0.2, -0.15) is 26.3 Å². The molecule has 0 radical (unpaired) electrons. The minimum Gasteiger partial charge on any atom is -0.370 e. The first-order valence-corrected chi connectivity index (χ1v) is 38.2. The molecular weight excluding hydrogens is 1490 g/mol. The number of rotatable bonds is 14. The number of hydrogen-bond donors (Lipinski definition) is 3. The lowest BCUT2D eigenvalue weighted by molar-refractivity contribution is -0.158. The molecule has 25 nitrogen and oxygen atoms in total. The molecule has 2 aromatic rings. The third kappa shape index (κ3) is 21.1. The number of carbonyl (C=O) groups is 12. The summed E-state index contributed by atoms with van der Waals surface area (Å²) in [4.78, 5) is 191. The number of benzene rings is 2. The molecule has 3 aliphatic carbocycles. The Labute approximate surface area is 645 Å². The van der Waals surface area contributed by atoms with E-state index in [1.165, 1.54) is 59.1 Å². The van der Waals surface area contributed by atoms with Crippen LogP contribution in [0.15, 0.2) is 48.6 Å². The number of amides is 12. The summed E-state index contributed by atoms with van der Waals surface area (Å²) >= 11 is 0. The molecule has 6 aliphatic rings. The number of likely N-dealkylation sites (N-methyl/N-ethyl adjacent to an activating group) is 7. The summed E-state index contributed by atoms with van der Waals surface area (Å²) in [7, 11) is 10.5. The smallest absolute Gasteiger partial charge is 0.370 e. The zero-order valence-electron chi connectivity index (χ0n) is 64.9. The highest BCUT2D eigenvalue weighted by Gasteiger charge is 2.55. The summed E-state index contributed by atoms with van der Waals surface area (Å²) in [5.74, 6) is -16.3. The maximum Gasteiger partial charge on any atom is 0.422 e. The number of halogens is 10. The van der Waals surface area contributed by atoms with Crippen LogP contribution in [-0.4, -0.2) is 271 Å². The SMILES string of the molecule is CC[C@H](C)[C@@H]1NC(=O)[C@H](CC2CCCC2)N(C)C(=O)C[C@@H](C(=O)N(C)C)N(C)C(=O)[C@H](C2CCCC2)N(C)C(=O)C2(CCC2)NC(=O)[C@@H]2[C@@H](OCC(F)F)CCN2C(=O)[C@H](CCc2cc(F)c(C(F)(F)F)c(F)c2)NC(=O)CN(C)C(=O)[C@H](Cc2ccc(C(F)(F)F)cc2)N2CC/C=C\C[C@@H](C2=O)N(C)C(=O)CN(C)C1=O. The van der Waals surface area contributed by atoms with Crippen molar-refractivity contribution in [3.05, 3.63) is 82.4 Å². The van der Waals surface area contributed by atoms with Crippen LogP contribution >= 0.6 is 0 Å². The fraction of sp³-hybridized carbons (Fsp3) is 0.662. The fourth-order valence-corrected chi connectivity index (χ4v) is 16.2. The summed E-state index contributed by atoms with van der Waals surface area (Å²) in [6.45, 7) is -0.378. The van der Waals surface area contributed by atoms with Crippen LogP contribution in [0.4, 0.5) is 43.9 Å². The van der Waals surface area contributed by atoms with Crippen molar-refractivity contribution in [3.63, 3.8) is 0 Å². The molecule has 0 aromatic heterocycles. The molecule has 2 aromatic carbocycles. The van der Waals surface area contributed by atoms with Crippen molar-refractivity contribution in [3.8, 4) is 0 Å². The Morgan fingerprint density at radius 1 is 0.643 bits per heavy atom. The number of nitrogens with zero attached hydrogens (tertiary/aromatic N) is 9. The summed E-state index contributed by atoms with van der Waals surface area (Å²) in [6, 6.07) is -8.37. The maximum absolute atomic E-state index is 15.6. The molecule has 3 saturated carbocycles. The van der Waals surface area contributed by atoms with Crippen LogP contribution in [0, 0.1) is 29.4 Å². The average Bonchev–Trinajstić information content (AvgIpc) is 1.30. The lowest BCUT2D eigenvalue weighted by Gasteiger charge is -2.47. The number of aryl methyl sites for hydroxylation is 1. The molecule has 2 bridgehead atoms. The molecule has 8 rings (SSSR count). The van der Waals surface area contributed by atoms with Gasteiger partial charge in [0.25, 0.3) is 6.43 Å². The lowest BCUT2D eigenvalue weighted by Crippen LogP contribution is -2.69. The van der Waals surface area contributed by atoms with Crippen LogP contribution in [0.3, 0.4) is 0 Å². The predicted molar refractivity (Wildman–Crippen MR) is 386 cm³/mol. The minimum absolute atomic E-state index is 0.0623. The predicted octanol–water partition coefficient (Wildman–Crippen LogP) is 6.52. The van der Waals surface area contributed by atoms with E-state index in [1.54, 1.807) is 26.0 Å². The van der Waals surface area contributed by atoms with Crippen molar-refractivity contribution in [2.24, 2.45) is 17.8 Å². The molecule has 35 heteroatoms. The second kappa shape index (κ2) is 37.8. The van der Waals surface area contributed by atoms with Crippen molar-refractivity contribution in [1.82, 2.24) is 60.0 Å². The van der Waals surface area contributed by atoms with Crippen LogP contribution in [0.25, 0.3) is 0 Å². The van der Waals surface area contributed by atoms with Gasteiger partial charge in [0.15, 0.2) is 0 Å². The Bertz CT molecular complexity index is 3770. The summed E-state index contributed by atoms with van der Waals surface area (Å²) in [6.07, 6.45) is -9.39. The number of alkyl halides is 8. The summed E-state index contributed by atoms with van der Waals surface area (Å²) in [5, 5.41) is 8.07. The van der Waals surface area contributed by atoms with E-state index in [-0.39, 0.29) is 63.0 Å². The molecule has 0 unspecified atom stereocenters. The van der Waals surface area contributed by atoms with Crippen LogP contribution in [0.1, 0.15) is 152 Å². The van der Waals surface area contributed by atoms with Gasteiger partial charge in [0.1, 0.15) is 77.7 Å². The molecule has 3 heterocycles. The van der Waals surface area contributed by atoms with Gasteiger partial charge in [-0.1, -0.05) is 83.1 Å². The van der Waals surface area contributed by atoms with Gasteiger partial charge in [0, 0.05) is 75.9 Å². The van der Waals surface area contributed by atoms with Gasteiger partial charge in [-0.05, 0) is 124 Å². The molecule has 10 atom stereocenters. The fourth-order valence-electron chi connectivity index (χ4n) is 16.2. The van der Waals surface area contributed by atoms with E-state index in [0.717, 1.165) is 78.5 Å². The molecule has 3 N–H and O–H groups in total. The number of nitrogens with one attached hydrogen (secondary N) is 3. The first kappa shape index (κ1) is 88.6. The third-order valence-electron chi connectivity index (χ3n) is 23.1. The number of ether oxygens (including phenoxy) is 1. The van der Waals surface area contributed by atoms with Crippen molar-refractivity contribution in [1.29, 1.82) is 0 Å². The van der Waals surface area contributed by atoms with Crippen molar-refractivity contribution < 1.29 is 106 Å². The minimum atomic E-state index is -5.51. The van der Waals surface area contributed by atoms with Gasteiger partial charge in [-0.15, -0.1) is 0 Å². The largest absolute Gasteiger partial charge is 0.422 e. The summed E-state index contributed by atoms with van der Waals surface area (Å²) < 4.78 is 148. The molecule has 1 spiro atoms. The van der Waals surface area contributed by atoms with Crippen LogP contribution in [-0.2, 0) is 87.5 Å². The zero-order chi connectivity index (χ0) is 82.8. The highest BCUT2D eigenvalue weighted by molar-refractivity contribution is 6.01. The first-order chi connectivity index (χ1) is 52.6. The lowest BCUT2D eigenvalue weighted by atomic mass is 9.74. The second-order valence-corrected chi connectivity index (χ2v) is 31.0. The van der Waals surface area contributed by atoms with Gasteiger partial charge >= 0.3 is 12.4 Å². The quantitative estimate of drug-likeness (QED) is 0.134. The molecule has 620 valence electrons. The summed E-state index contributed by atoms with van der Waals surface area (Å²) in [5.41, 5.74) is -5.62. The normalized spacial score (nSPS) is 26.5. The van der Waals surface area contributed by atoms with E-state index in [1.807, 2.05) is 0 Å². The highest BCUT2D eigenvalue weighted by atomic mass is 19.4. The standard InChI is InChI=1S/C77H104F10N12O13/c1-11-44(2)63-72(109)93(6)42-61(102)94(7)53-24-13-12-18-34-98(71(53)108)56(39-46-25-28-49(29-26-46)76(82,83)84)70(107)92(5)41-59(100)88-52(30-27-47-36-50(78)62(51(79)37-47)77(85,86)87)68(105)99-35-31-57(112-43-58(80)81)65(99)67(104)90-75(32-19-33-75)74(111)97(10)64(48-22-16-17-23-48)73(110)96(9)55(69(106)91(3)4)40-60(101)95(8)54(66(103)89-63)38-45-20-14-15-21-45/h12-13,25-26,28-29,36-37,44-45,48,52-58,63-65H,11,14-24,27,30-35,38-43H2,1-10H3,(H,88,100)(H,89,103)(H,90,104)/b13-12-/t44-,52-,53-,54-,55-,56-,57-,63-,64-,65-/m0/s1. The van der Waals surface area contributed by atoms with Crippen LogP contribution in [0.5, 0.6) is 0 Å². The van der Waals surface area contributed by atoms with E-state index >= 15 is 47.1 Å². The Hall–Kier alpha value is -8.92. The highest BCUT2D eigenvalue weighted by Crippen LogP contribution is 2.40. The monoisotopic (exact) mass is 1590 g/mol. The second-order valence-electron chi connectivity index (χ2n) is 31.0. The number of fused-ring (bicyclic) bond motifs is 3. The van der Waals surface area contributed by atoms with Crippen LogP contribution in [0.2, 0.25) is 0 Å². The van der Waals surface area contributed by atoms with E-state index in [9.17, 15) is 54.3 Å². The molecule has 5 fully saturated rings.